The normalized spacial score (nSPS) is 10.4. The van der Waals surface area contributed by atoms with Crippen molar-refractivity contribution in [3.63, 3.8) is 0 Å². The van der Waals surface area contributed by atoms with Crippen LogP contribution in [0.15, 0.2) is 48.5 Å². The van der Waals surface area contributed by atoms with E-state index in [2.05, 4.69) is 5.32 Å². The summed E-state index contributed by atoms with van der Waals surface area (Å²) in [5, 5.41) is 14.6. The second-order valence-corrected chi connectivity index (χ2v) is 4.60. The minimum atomic E-state index is -0.388. The third kappa shape index (κ3) is 4.05. The van der Waals surface area contributed by atoms with Crippen LogP contribution >= 0.6 is 11.6 Å². The predicted octanol–water partition coefficient (Wildman–Crippen LogP) is 3.54. The van der Waals surface area contributed by atoms with Crippen molar-refractivity contribution in [2.75, 3.05) is 0 Å². The number of nitrogens with one attached hydrogen (secondary N) is 1. The van der Waals surface area contributed by atoms with Gasteiger partial charge in [-0.2, -0.15) is 0 Å². The van der Waals surface area contributed by atoms with Crippen LogP contribution in [-0.4, -0.2) is 4.92 Å². The standard InChI is InChI=1S/C14H13ClN2O2/c15-13-5-1-3-11(7-13)9-16-10-12-4-2-6-14(8-12)17(18)19/h1-8,16H,9-10H2. The van der Waals surface area contributed by atoms with Gasteiger partial charge in [0.1, 0.15) is 0 Å². The van der Waals surface area contributed by atoms with Crippen LogP contribution < -0.4 is 5.32 Å². The molecule has 0 radical (unpaired) electrons. The lowest BCUT2D eigenvalue weighted by Gasteiger charge is -2.05. The molecule has 0 amide bonds. The molecule has 0 aliphatic rings. The molecule has 0 aliphatic heterocycles. The SMILES string of the molecule is O=[N+]([O-])c1cccc(CNCc2cccc(Cl)c2)c1. The summed E-state index contributed by atoms with van der Waals surface area (Å²) in [6, 6.07) is 14.2. The van der Waals surface area contributed by atoms with E-state index in [1.807, 2.05) is 30.3 Å². The maximum atomic E-state index is 10.7. The molecular weight excluding hydrogens is 264 g/mol. The Bertz CT molecular complexity index is 587. The van der Waals surface area contributed by atoms with Gasteiger partial charge in [0.2, 0.25) is 0 Å². The van der Waals surface area contributed by atoms with Crippen LogP contribution in [0.5, 0.6) is 0 Å². The molecule has 5 heteroatoms. The molecule has 0 heterocycles. The van der Waals surface area contributed by atoms with Gasteiger partial charge in [-0.05, 0) is 23.3 Å². The summed E-state index contributed by atoms with van der Waals surface area (Å²) in [4.78, 5) is 10.3. The third-order valence-electron chi connectivity index (χ3n) is 2.67. The molecule has 98 valence electrons. The molecule has 0 aromatic heterocycles. The molecule has 0 spiro atoms. The molecule has 2 rings (SSSR count). The zero-order valence-electron chi connectivity index (χ0n) is 10.2. The molecule has 0 bridgehead atoms. The van der Waals surface area contributed by atoms with Crippen LogP contribution in [0.25, 0.3) is 0 Å². The topological polar surface area (TPSA) is 55.2 Å². The number of nitro benzene ring substituents is 1. The van der Waals surface area contributed by atoms with Gasteiger partial charge in [0.25, 0.3) is 5.69 Å². The van der Waals surface area contributed by atoms with E-state index in [0.717, 1.165) is 11.1 Å². The Labute approximate surface area is 116 Å². The van der Waals surface area contributed by atoms with Crippen LogP contribution in [0.2, 0.25) is 5.02 Å². The zero-order valence-corrected chi connectivity index (χ0v) is 10.9. The Kier molecular flexibility index (Phi) is 4.49. The van der Waals surface area contributed by atoms with Gasteiger partial charge in [-0.3, -0.25) is 10.1 Å². The maximum Gasteiger partial charge on any atom is 0.269 e. The summed E-state index contributed by atoms with van der Waals surface area (Å²) in [5.41, 5.74) is 2.08. The van der Waals surface area contributed by atoms with Gasteiger partial charge in [-0.25, -0.2) is 0 Å². The molecule has 1 N–H and O–H groups in total. The number of benzene rings is 2. The molecule has 0 fully saturated rings. The Hall–Kier alpha value is -1.91. The van der Waals surface area contributed by atoms with E-state index in [4.69, 9.17) is 11.6 Å². The van der Waals surface area contributed by atoms with E-state index in [1.165, 1.54) is 6.07 Å². The molecule has 0 aliphatic carbocycles. The summed E-state index contributed by atoms with van der Waals surface area (Å²) in [6.45, 7) is 1.25. The summed E-state index contributed by atoms with van der Waals surface area (Å²) in [6.07, 6.45) is 0. The van der Waals surface area contributed by atoms with E-state index < -0.39 is 0 Å². The number of hydrogen-bond donors (Lipinski definition) is 1. The first kappa shape index (κ1) is 13.5. The van der Waals surface area contributed by atoms with Crippen molar-refractivity contribution in [1.82, 2.24) is 5.32 Å². The van der Waals surface area contributed by atoms with Crippen LogP contribution in [0.4, 0.5) is 5.69 Å². The van der Waals surface area contributed by atoms with Crippen LogP contribution in [0, 0.1) is 10.1 Å². The summed E-state index contributed by atoms with van der Waals surface area (Å²) >= 11 is 5.89. The number of rotatable bonds is 5. The maximum absolute atomic E-state index is 10.7. The van der Waals surface area contributed by atoms with E-state index >= 15 is 0 Å². The number of nitrogens with zero attached hydrogens (tertiary/aromatic N) is 1. The van der Waals surface area contributed by atoms with Crippen molar-refractivity contribution in [1.29, 1.82) is 0 Å². The average molecular weight is 277 g/mol. The molecule has 2 aromatic rings. The highest BCUT2D eigenvalue weighted by molar-refractivity contribution is 6.30. The van der Waals surface area contributed by atoms with Crippen molar-refractivity contribution in [2.45, 2.75) is 13.1 Å². The lowest BCUT2D eigenvalue weighted by molar-refractivity contribution is -0.384. The van der Waals surface area contributed by atoms with Crippen molar-refractivity contribution in [2.24, 2.45) is 0 Å². The Morgan fingerprint density at radius 1 is 1.05 bits per heavy atom. The second-order valence-electron chi connectivity index (χ2n) is 4.16. The lowest BCUT2D eigenvalue weighted by atomic mass is 10.2. The van der Waals surface area contributed by atoms with E-state index in [9.17, 15) is 10.1 Å². The summed E-state index contributed by atoms with van der Waals surface area (Å²) in [7, 11) is 0. The fourth-order valence-corrected chi connectivity index (χ4v) is 1.99. The first-order valence-electron chi connectivity index (χ1n) is 5.83. The van der Waals surface area contributed by atoms with Gasteiger partial charge in [-0.15, -0.1) is 0 Å². The first-order valence-corrected chi connectivity index (χ1v) is 6.21. The minimum absolute atomic E-state index is 0.113. The number of nitro groups is 1. The highest BCUT2D eigenvalue weighted by atomic mass is 35.5. The highest BCUT2D eigenvalue weighted by Crippen LogP contribution is 2.13. The molecule has 0 atom stereocenters. The summed E-state index contributed by atoms with van der Waals surface area (Å²) in [5.74, 6) is 0. The van der Waals surface area contributed by atoms with Crippen molar-refractivity contribution >= 4 is 17.3 Å². The number of hydrogen-bond acceptors (Lipinski definition) is 3. The van der Waals surface area contributed by atoms with E-state index in [0.29, 0.717) is 18.1 Å². The van der Waals surface area contributed by atoms with Crippen molar-refractivity contribution in [3.8, 4) is 0 Å². The van der Waals surface area contributed by atoms with Gasteiger partial charge in [0.15, 0.2) is 0 Å². The van der Waals surface area contributed by atoms with Crippen LogP contribution in [0.1, 0.15) is 11.1 Å². The number of halogens is 1. The minimum Gasteiger partial charge on any atom is -0.309 e. The molecular formula is C14H13ClN2O2. The smallest absolute Gasteiger partial charge is 0.269 e. The first-order chi connectivity index (χ1) is 9.15. The predicted molar refractivity (Wildman–Crippen MR) is 75.1 cm³/mol. The van der Waals surface area contributed by atoms with E-state index in [-0.39, 0.29) is 10.6 Å². The average Bonchev–Trinajstić information content (AvgIpc) is 2.39. The van der Waals surface area contributed by atoms with Gasteiger partial charge < -0.3 is 5.32 Å². The van der Waals surface area contributed by atoms with Crippen molar-refractivity contribution in [3.05, 3.63) is 74.8 Å². The van der Waals surface area contributed by atoms with Gasteiger partial charge in [0, 0.05) is 30.2 Å². The zero-order chi connectivity index (χ0) is 13.7. The lowest BCUT2D eigenvalue weighted by Crippen LogP contribution is -2.12. The highest BCUT2D eigenvalue weighted by Gasteiger charge is 2.05. The van der Waals surface area contributed by atoms with Crippen LogP contribution in [-0.2, 0) is 13.1 Å². The quantitative estimate of drug-likeness (QED) is 0.671. The van der Waals surface area contributed by atoms with Crippen molar-refractivity contribution < 1.29 is 4.92 Å². The fourth-order valence-electron chi connectivity index (χ4n) is 1.78. The number of non-ortho nitro benzene ring substituents is 1. The fraction of sp³-hybridized carbons (Fsp3) is 0.143. The monoisotopic (exact) mass is 276 g/mol. The molecule has 0 saturated carbocycles. The van der Waals surface area contributed by atoms with Gasteiger partial charge in [-0.1, -0.05) is 35.9 Å². The second kappa shape index (κ2) is 6.31. The largest absolute Gasteiger partial charge is 0.309 e. The molecule has 4 nitrogen and oxygen atoms in total. The van der Waals surface area contributed by atoms with Crippen LogP contribution in [0.3, 0.4) is 0 Å². The van der Waals surface area contributed by atoms with E-state index in [1.54, 1.807) is 12.1 Å². The Morgan fingerprint density at radius 3 is 2.32 bits per heavy atom. The molecule has 0 saturated heterocycles. The van der Waals surface area contributed by atoms with Gasteiger partial charge >= 0.3 is 0 Å². The Balaban J connectivity index is 1.92. The molecule has 0 unspecified atom stereocenters. The summed E-state index contributed by atoms with van der Waals surface area (Å²) < 4.78 is 0. The van der Waals surface area contributed by atoms with Gasteiger partial charge in [0.05, 0.1) is 4.92 Å². The Morgan fingerprint density at radius 2 is 1.68 bits per heavy atom. The molecule has 19 heavy (non-hydrogen) atoms. The molecule has 2 aromatic carbocycles. The third-order valence-corrected chi connectivity index (χ3v) is 2.90.